The minimum absolute atomic E-state index is 0.0817. The third kappa shape index (κ3) is 6.73. The van der Waals surface area contributed by atoms with E-state index >= 15 is 0 Å². The topological polar surface area (TPSA) is 78.8 Å². The zero-order chi connectivity index (χ0) is 30.1. The molecule has 0 bridgehead atoms. The van der Waals surface area contributed by atoms with Gasteiger partial charge in [-0.15, -0.1) is 11.3 Å². The van der Waals surface area contributed by atoms with Gasteiger partial charge in [0, 0.05) is 50.4 Å². The van der Waals surface area contributed by atoms with Gasteiger partial charge in [0.15, 0.2) is 15.5 Å². The quantitative estimate of drug-likeness (QED) is 0.269. The second-order valence-corrected chi connectivity index (χ2v) is 15.1. The van der Waals surface area contributed by atoms with E-state index in [-0.39, 0.29) is 10.8 Å². The van der Waals surface area contributed by atoms with Gasteiger partial charge in [-0.25, -0.2) is 13.1 Å². The molecular weight excluding hydrogens is 602 g/mol. The SMILES string of the molecule is CN1CCCC(CN2CCN(C(=O)c3cc(-c4ccc(-c5cccc(S(C)(=O)=O)c5)s4)n(-c4ccccc4Cl)n3)CC2)C1. The van der Waals surface area contributed by atoms with E-state index in [1.54, 1.807) is 22.9 Å². The number of halogens is 1. The zero-order valence-electron chi connectivity index (χ0n) is 24.4. The summed E-state index contributed by atoms with van der Waals surface area (Å²) in [4.78, 5) is 22.7. The van der Waals surface area contributed by atoms with Crippen LogP contribution in [0.4, 0.5) is 0 Å². The molecule has 1 atom stereocenters. The van der Waals surface area contributed by atoms with Crippen LogP contribution in [0.1, 0.15) is 23.3 Å². The molecule has 2 aliphatic rings. The van der Waals surface area contributed by atoms with Crippen LogP contribution >= 0.6 is 22.9 Å². The van der Waals surface area contributed by atoms with Crippen molar-refractivity contribution in [3.05, 3.63) is 77.4 Å². The summed E-state index contributed by atoms with van der Waals surface area (Å²) in [5, 5.41) is 5.32. The Hall–Kier alpha value is -3.02. The first kappa shape index (κ1) is 30.0. The molecule has 2 aliphatic heterocycles. The molecule has 0 saturated carbocycles. The molecule has 1 amide bonds. The number of benzene rings is 2. The number of hydrogen-bond acceptors (Lipinski definition) is 7. The number of aromatic nitrogens is 2. The Kier molecular flexibility index (Phi) is 8.75. The fourth-order valence-electron chi connectivity index (χ4n) is 6.06. The number of thiophene rings is 1. The van der Waals surface area contributed by atoms with Gasteiger partial charge in [-0.1, -0.05) is 35.9 Å². The second-order valence-electron chi connectivity index (χ2n) is 11.6. The minimum Gasteiger partial charge on any atom is -0.335 e. The number of carbonyl (C=O) groups excluding carboxylic acids is 1. The maximum Gasteiger partial charge on any atom is 0.274 e. The highest BCUT2D eigenvalue weighted by molar-refractivity contribution is 7.90. The highest BCUT2D eigenvalue weighted by Crippen LogP contribution is 2.37. The first-order valence-corrected chi connectivity index (χ1v) is 17.7. The van der Waals surface area contributed by atoms with E-state index in [2.05, 4.69) is 16.8 Å². The van der Waals surface area contributed by atoms with Crippen LogP contribution in [0.5, 0.6) is 0 Å². The third-order valence-corrected chi connectivity index (χ3v) is 10.9. The summed E-state index contributed by atoms with van der Waals surface area (Å²) in [6, 6.07) is 20.2. The molecule has 0 N–H and O–H groups in total. The van der Waals surface area contributed by atoms with Crippen LogP contribution in [0.15, 0.2) is 71.6 Å². The molecular formula is C32H36ClN5O3S2. The van der Waals surface area contributed by atoms with Crippen molar-refractivity contribution in [2.75, 3.05) is 59.1 Å². The predicted octanol–water partition coefficient (Wildman–Crippen LogP) is 5.42. The maximum atomic E-state index is 13.7. The smallest absolute Gasteiger partial charge is 0.274 e. The van der Waals surface area contributed by atoms with Gasteiger partial charge in [0.25, 0.3) is 5.91 Å². The summed E-state index contributed by atoms with van der Waals surface area (Å²) in [6.45, 7) is 6.51. The number of piperidine rings is 1. The molecule has 2 saturated heterocycles. The zero-order valence-corrected chi connectivity index (χ0v) is 26.8. The predicted molar refractivity (Wildman–Crippen MR) is 173 cm³/mol. The van der Waals surface area contributed by atoms with Gasteiger partial charge in [-0.3, -0.25) is 9.69 Å². The summed E-state index contributed by atoms with van der Waals surface area (Å²) >= 11 is 8.12. The van der Waals surface area contributed by atoms with E-state index in [0.29, 0.717) is 35.4 Å². The standard InChI is InChI=1S/C32H36ClN5O3S2/c1-35-14-6-7-23(21-35)22-36-15-17-37(18-16-36)32(39)27-20-29(38(34-27)28-11-4-3-10-26(28)33)31-13-12-30(42-31)24-8-5-9-25(19-24)43(2,40)41/h3-5,8-13,19-20,23H,6-7,14-18,21-22H2,1-2H3. The maximum absolute atomic E-state index is 13.7. The second kappa shape index (κ2) is 12.5. The summed E-state index contributed by atoms with van der Waals surface area (Å²) in [5.74, 6) is 0.612. The van der Waals surface area contributed by atoms with Gasteiger partial charge >= 0.3 is 0 Å². The lowest BCUT2D eigenvalue weighted by Crippen LogP contribution is -2.51. The van der Waals surface area contributed by atoms with Crippen molar-refractivity contribution in [2.45, 2.75) is 17.7 Å². The Morgan fingerprint density at radius 3 is 2.49 bits per heavy atom. The Labute approximate surface area is 262 Å². The summed E-state index contributed by atoms with van der Waals surface area (Å²) in [7, 11) is -1.13. The third-order valence-electron chi connectivity index (χ3n) is 8.31. The van der Waals surface area contributed by atoms with Crippen LogP contribution in [0.25, 0.3) is 26.7 Å². The molecule has 4 aromatic rings. The lowest BCUT2D eigenvalue weighted by atomic mass is 9.97. The van der Waals surface area contributed by atoms with Crippen molar-refractivity contribution in [2.24, 2.45) is 5.92 Å². The first-order chi connectivity index (χ1) is 20.7. The minimum atomic E-state index is -3.33. The monoisotopic (exact) mass is 637 g/mol. The summed E-state index contributed by atoms with van der Waals surface area (Å²) in [5.41, 5.74) is 2.64. The largest absolute Gasteiger partial charge is 0.335 e. The number of nitrogens with zero attached hydrogens (tertiary/aromatic N) is 5. The number of hydrogen-bond donors (Lipinski definition) is 0. The van der Waals surface area contributed by atoms with E-state index in [9.17, 15) is 13.2 Å². The van der Waals surface area contributed by atoms with E-state index < -0.39 is 9.84 Å². The average molecular weight is 638 g/mol. The molecule has 0 aliphatic carbocycles. The summed E-state index contributed by atoms with van der Waals surface area (Å²) < 4.78 is 26.0. The van der Waals surface area contributed by atoms with Gasteiger partial charge in [0.05, 0.1) is 26.2 Å². The van der Waals surface area contributed by atoms with E-state index in [0.717, 1.165) is 47.2 Å². The van der Waals surface area contributed by atoms with Gasteiger partial charge in [0.2, 0.25) is 0 Å². The summed E-state index contributed by atoms with van der Waals surface area (Å²) in [6.07, 6.45) is 3.75. The fourth-order valence-corrected chi connectivity index (χ4v) is 7.95. The number of amides is 1. The normalized spacial score (nSPS) is 18.7. The number of sulfone groups is 1. The van der Waals surface area contributed by atoms with Crippen molar-refractivity contribution < 1.29 is 13.2 Å². The molecule has 0 radical (unpaired) electrons. The van der Waals surface area contributed by atoms with Crippen LogP contribution < -0.4 is 0 Å². The number of piperazine rings is 1. The average Bonchev–Trinajstić information content (AvgIpc) is 3.65. The van der Waals surface area contributed by atoms with Crippen molar-refractivity contribution >= 4 is 38.7 Å². The molecule has 1 unspecified atom stereocenters. The van der Waals surface area contributed by atoms with Crippen LogP contribution in [-0.4, -0.2) is 97.9 Å². The molecule has 226 valence electrons. The van der Waals surface area contributed by atoms with Crippen LogP contribution in [0.2, 0.25) is 5.02 Å². The number of rotatable bonds is 7. The van der Waals surface area contributed by atoms with Gasteiger partial charge in [-0.2, -0.15) is 5.10 Å². The molecule has 11 heteroatoms. The number of likely N-dealkylation sites (tertiary alicyclic amines) is 1. The first-order valence-electron chi connectivity index (χ1n) is 14.6. The molecule has 2 aromatic heterocycles. The molecule has 2 aromatic carbocycles. The Bertz CT molecular complexity index is 1730. The molecule has 8 nitrogen and oxygen atoms in total. The van der Waals surface area contributed by atoms with Crippen LogP contribution in [0.3, 0.4) is 0 Å². The highest BCUT2D eigenvalue weighted by atomic mass is 35.5. The Morgan fingerprint density at radius 1 is 0.977 bits per heavy atom. The highest BCUT2D eigenvalue weighted by Gasteiger charge is 2.28. The van der Waals surface area contributed by atoms with E-state index in [1.807, 2.05) is 53.4 Å². The molecule has 6 rings (SSSR count). The van der Waals surface area contributed by atoms with Crippen molar-refractivity contribution in [3.8, 4) is 26.7 Å². The van der Waals surface area contributed by atoms with Crippen LogP contribution in [0, 0.1) is 5.92 Å². The molecule has 2 fully saturated rings. The molecule has 0 spiro atoms. The van der Waals surface area contributed by atoms with E-state index in [1.165, 1.54) is 37.0 Å². The number of carbonyl (C=O) groups is 1. The Morgan fingerprint density at radius 2 is 1.74 bits per heavy atom. The molecule has 43 heavy (non-hydrogen) atoms. The fraction of sp³-hybridized carbons (Fsp3) is 0.375. The van der Waals surface area contributed by atoms with Crippen LogP contribution in [-0.2, 0) is 9.84 Å². The Balaban J connectivity index is 1.25. The molecule has 4 heterocycles. The van der Waals surface area contributed by atoms with E-state index in [4.69, 9.17) is 16.7 Å². The van der Waals surface area contributed by atoms with Crippen molar-refractivity contribution in [1.82, 2.24) is 24.5 Å². The lowest BCUT2D eigenvalue weighted by molar-refractivity contribution is 0.0583. The van der Waals surface area contributed by atoms with Gasteiger partial charge in [0.1, 0.15) is 0 Å². The van der Waals surface area contributed by atoms with Crippen molar-refractivity contribution in [3.63, 3.8) is 0 Å². The van der Waals surface area contributed by atoms with Gasteiger partial charge in [-0.05, 0) is 80.4 Å². The van der Waals surface area contributed by atoms with Crippen molar-refractivity contribution in [1.29, 1.82) is 0 Å². The van der Waals surface area contributed by atoms with Gasteiger partial charge < -0.3 is 9.80 Å². The lowest BCUT2D eigenvalue weighted by Gasteiger charge is -2.38. The number of para-hydroxylation sites is 1.